The van der Waals surface area contributed by atoms with E-state index >= 15 is 0 Å². The zero-order valence-electron chi connectivity index (χ0n) is 10.5. The minimum absolute atomic E-state index is 0.0356. The Balaban J connectivity index is 2.70. The molecule has 0 aromatic heterocycles. The molecule has 98 valence electrons. The maximum Gasteiger partial charge on any atom is 0.252 e. The number of hydrogen-bond acceptors (Lipinski definition) is 2. The third-order valence-corrected chi connectivity index (χ3v) is 3.08. The number of carbonyl (C=O) groups is 2. The van der Waals surface area contributed by atoms with Crippen LogP contribution in [-0.4, -0.2) is 18.2 Å². The molecule has 0 aliphatic heterocycles. The fourth-order valence-corrected chi connectivity index (χ4v) is 1.73. The van der Waals surface area contributed by atoms with Crippen LogP contribution in [0.5, 0.6) is 0 Å². The van der Waals surface area contributed by atoms with Crippen molar-refractivity contribution in [2.45, 2.75) is 20.8 Å². The maximum absolute atomic E-state index is 12.9. The SMILES string of the molecule is CC(C)(C)C(=O)CNC(=O)c1ccc(F)cc1Br. The van der Waals surface area contributed by atoms with Gasteiger partial charge in [0.1, 0.15) is 5.82 Å². The summed E-state index contributed by atoms with van der Waals surface area (Å²) in [5.74, 6) is -0.891. The van der Waals surface area contributed by atoms with Crippen LogP contribution in [0.15, 0.2) is 22.7 Å². The summed E-state index contributed by atoms with van der Waals surface area (Å²) < 4.78 is 13.2. The van der Waals surface area contributed by atoms with E-state index in [4.69, 9.17) is 0 Å². The van der Waals surface area contributed by atoms with Crippen LogP contribution in [0.2, 0.25) is 0 Å². The first kappa shape index (κ1) is 14.8. The number of hydrogen-bond donors (Lipinski definition) is 1. The molecule has 0 radical (unpaired) electrons. The molecule has 0 atom stereocenters. The molecule has 1 aromatic carbocycles. The van der Waals surface area contributed by atoms with E-state index in [0.717, 1.165) is 0 Å². The molecule has 0 saturated carbocycles. The number of nitrogens with one attached hydrogen (secondary N) is 1. The summed E-state index contributed by atoms with van der Waals surface area (Å²) in [7, 11) is 0. The minimum atomic E-state index is -0.493. The zero-order valence-corrected chi connectivity index (χ0v) is 12.1. The molecule has 1 amide bonds. The molecule has 1 rings (SSSR count). The van der Waals surface area contributed by atoms with E-state index in [1.165, 1.54) is 18.2 Å². The standard InChI is InChI=1S/C13H15BrFNO2/c1-13(2,3)11(17)7-16-12(18)9-5-4-8(15)6-10(9)14/h4-6H,7H2,1-3H3,(H,16,18). The van der Waals surface area contributed by atoms with Crippen LogP contribution in [0.25, 0.3) is 0 Å². The lowest BCUT2D eigenvalue weighted by Gasteiger charge is -2.16. The van der Waals surface area contributed by atoms with Crippen molar-refractivity contribution in [2.24, 2.45) is 5.41 Å². The van der Waals surface area contributed by atoms with Gasteiger partial charge in [0.05, 0.1) is 12.1 Å². The van der Waals surface area contributed by atoms with Gasteiger partial charge in [0.25, 0.3) is 5.91 Å². The minimum Gasteiger partial charge on any atom is -0.345 e. The van der Waals surface area contributed by atoms with E-state index in [9.17, 15) is 14.0 Å². The number of rotatable bonds is 3. The summed E-state index contributed by atoms with van der Waals surface area (Å²) >= 11 is 3.11. The lowest BCUT2D eigenvalue weighted by Crippen LogP contribution is -2.35. The van der Waals surface area contributed by atoms with Crippen molar-refractivity contribution in [1.29, 1.82) is 0 Å². The molecule has 0 bridgehead atoms. The molecule has 0 aliphatic rings. The molecule has 0 heterocycles. The number of halogens is 2. The molecular weight excluding hydrogens is 301 g/mol. The third-order valence-electron chi connectivity index (χ3n) is 2.42. The van der Waals surface area contributed by atoms with Gasteiger partial charge in [-0.2, -0.15) is 0 Å². The second-order valence-electron chi connectivity index (χ2n) is 4.98. The summed E-state index contributed by atoms with van der Waals surface area (Å²) in [5.41, 5.74) is -0.189. The molecule has 0 fully saturated rings. The lowest BCUT2D eigenvalue weighted by atomic mass is 9.91. The summed E-state index contributed by atoms with van der Waals surface area (Å²) in [4.78, 5) is 23.4. The van der Waals surface area contributed by atoms with Crippen LogP contribution >= 0.6 is 15.9 Å². The highest BCUT2D eigenvalue weighted by Gasteiger charge is 2.21. The van der Waals surface area contributed by atoms with Crippen molar-refractivity contribution in [3.05, 3.63) is 34.1 Å². The number of amides is 1. The van der Waals surface area contributed by atoms with Crippen LogP contribution in [0.1, 0.15) is 31.1 Å². The van der Waals surface area contributed by atoms with Crippen molar-refractivity contribution in [3.8, 4) is 0 Å². The first-order valence-corrected chi connectivity index (χ1v) is 6.27. The predicted octanol–water partition coefficient (Wildman–Crippen LogP) is 2.93. The van der Waals surface area contributed by atoms with E-state index in [0.29, 0.717) is 10.0 Å². The van der Waals surface area contributed by atoms with Crippen LogP contribution < -0.4 is 5.32 Å². The first-order chi connectivity index (χ1) is 8.21. The van der Waals surface area contributed by atoms with Crippen molar-refractivity contribution in [3.63, 3.8) is 0 Å². The molecule has 18 heavy (non-hydrogen) atoms. The van der Waals surface area contributed by atoms with Gasteiger partial charge in [-0.15, -0.1) is 0 Å². The van der Waals surface area contributed by atoms with Crippen LogP contribution in [-0.2, 0) is 4.79 Å². The van der Waals surface area contributed by atoms with E-state index < -0.39 is 17.1 Å². The van der Waals surface area contributed by atoms with Gasteiger partial charge >= 0.3 is 0 Å². The van der Waals surface area contributed by atoms with Crippen LogP contribution in [0, 0.1) is 11.2 Å². The van der Waals surface area contributed by atoms with Gasteiger partial charge in [-0.25, -0.2) is 4.39 Å². The zero-order chi connectivity index (χ0) is 13.9. The second kappa shape index (κ2) is 5.61. The lowest BCUT2D eigenvalue weighted by molar-refractivity contribution is -0.125. The molecule has 5 heteroatoms. The Morgan fingerprint density at radius 3 is 2.44 bits per heavy atom. The van der Waals surface area contributed by atoms with Crippen molar-refractivity contribution in [1.82, 2.24) is 5.32 Å². The number of benzene rings is 1. The second-order valence-corrected chi connectivity index (χ2v) is 5.83. The molecular formula is C13H15BrFNO2. The van der Waals surface area contributed by atoms with E-state index in [1.807, 2.05) is 0 Å². The Labute approximate surface area is 114 Å². The van der Waals surface area contributed by atoms with Gasteiger partial charge in [0.2, 0.25) is 0 Å². The molecule has 1 aromatic rings. The average molecular weight is 316 g/mol. The molecule has 0 saturated heterocycles. The first-order valence-electron chi connectivity index (χ1n) is 5.48. The number of carbonyl (C=O) groups excluding carboxylic acids is 2. The highest BCUT2D eigenvalue weighted by Crippen LogP contribution is 2.18. The fourth-order valence-electron chi connectivity index (χ4n) is 1.19. The number of ketones is 1. The van der Waals surface area contributed by atoms with Gasteiger partial charge in [0, 0.05) is 9.89 Å². The van der Waals surface area contributed by atoms with Gasteiger partial charge in [-0.3, -0.25) is 9.59 Å². The molecule has 0 unspecified atom stereocenters. The Morgan fingerprint density at radius 2 is 1.94 bits per heavy atom. The van der Waals surface area contributed by atoms with Crippen molar-refractivity contribution < 1.29 is 14.0 Å². The summed E-state index contributed by atoms with van der Waals surface area (Å²) in [6.07, 6.45) is 0. The van der Waals surface area contributed by atoms with Crippen molar-refractivity contribution >= 4 is 27.6 Å². The summed E-state index contributed by atoms with van der Waals surface area (Å²) in [6.45, 7) is 5.33. The van der Waals surface area contributed by atoms with E-state index in [2.05, 4.69) is 21.2 Å². The van der Waals surface area contributed by atoms with Gasteiger partial charge in [0.15, 0.2) is 5.78 Å². The van der Waals surface area contributed by atoms with Crippen molar-refractivity contribution in [2.75, 3.05) is 6.54 Å². The van der Waals surface area contributed by atoms with Gasteiger partial charge in [-0.05, 0) is 34.1 Å². The van der Waals surface area contributed by atoms with Crippen LogP contribution in [0.4, 0.5) is 4.39 Å². The Bertz CT molecular complexity index is 480. The van der Waals surface area contributed by atoms with E-state index in [1.54, 1.807) is 20.8 Å². The average Bonchev–Trinajstić information content (AvgIpc) is 2.24. The van der Waals surface area contributed by atoms with Crippen LogP contribution in [0.3, 0.4) is 0 Å². The summed E-state index contributed by atoms with van der Waals surface area (Å²) in [5, 5.41) is 2.52. The quantitative estimate of drug-likeness (QED) is 0.932. The highest BCUT2D eigenvalue weighted by atomic mass is 79.9. The maximum atomic E-state index is 12.9. The largest absolute Gasteiger partial charge is 0.345 e. The van der Waals surface area contributed by atoms with Gasteiger partial charge < -0.3 is 5.32 Å². The summed E-state index contributed by atoms with van der Waals surface area (Å²) in [6, 6.07) is 3.78. The Morgan fingerprint density at radius 1 is 1.33 bits per heavy atom. The third kappa shape index (κ3) is 3.91. The topological polar surface area (TPSA) is 46.2 Å². The van der Waals surface area contributed by atoms with E-state index in [-0.39, 0.29) is 12.3 Å². The van der Waals surface area contributed by atoms with Gasteiger partial charge in [-0.1, -0.05) is 20.8 Å². The Hall–Kier alpha value is -1.23. The Kier molecular flexibility index (Phi) is 4.62. The monoisotopic (exact) mass is 315 g/mol. The fraction of sp³-hybridized carbons (Fsp3) is 0.385. The smallest absolute Gasteiger partial charge is 0.252 e. The molecule has 1 N–H and O–H groups in total. The number of Topliss-reactive ketones (excluding diaryl/α,β-unsaturated/α-hetero) is 1. The molecule has 3 nitrogen and oxygen atoms in total. The predicted molar refractivity (Wildman–Crippen MR) is 70.9 cm³/mol. The molecule has 0 aliphatic carbocycles. The normalized spacial score (nSPS) is 11.2. The molecule has 0 spiro atoms. The highest BCUT2D eigenvalue weighted by molar-refractivity contribution is 9.10.